The van der Waals surface area contributed by atoms with Crippen molar-refractivity contribution in [2.75, 3.05) is 0 Å². The lowest BCUT2D eigenvalue weighted by Gasteiger charge is -2.27. The van der Waals surface area contributed by atoms with Crippen LogP contribution in [0.4, 0.5) is 4.39 Å². The molecule has 3 N–H and O–H groups in total. The van der Waals surface area contributed by atoms with E-state index in [9.17, 15) is 12.8 Å². The monoisotopic (exact) mass is 291 g/mol. The molecule has 0 aliphatic carbocycles. The first-order valence-electron chi connectivity index (χ1n) is 5.17. The summed E-state index contributed by atoms with van der Waals surface area (Å²) in [5.74, 6) is -0.925. The Kier molecular flexibility index (Phi) is 4.36. The predicted molar refractivity (Wildman–Crippen MR) is 70.0 cm³/mol. The van der Waals surface area contributed by atoms with Gasteiger partial charge in [0.25, 0.3) is 10.0 Å². The Bertz CT molecular complexity index is 562. The van der Waals surface area contributed by atoms with Gasteiger partial charge in [0.1, 0.15) is 0 Å². The fourth-order valence-corrected chi connectivity index (χ4v) is 2.94. The Labute approximate surface area is 111 Å². The molecule has 0 radical (unpaired) electrons. The number of rotatable bonds is 5. The number of hydrogen-bond donors (Lipinski definition) is 2. The second-order valence-electron chi connectivity index (χ2n) is 3.95. The maximum Gasteiger partial charge on any atom is 0.261 e. The molecule has 0 aliphatic rings. The molecule has 0 fully saturated rings. The third-order valence-corrected chi connectivity index (χ3v) is 4.57. The summed E-state index contributed by atoms with van der Waals surface area (Å²) in [7, 11) is -4.11. The first-order chi connectivity index (χ1) is 8.23. The Balaban J connectivity index is 3.18. The average Bonchev–Trinajstić information content (AvgIpc) is 2.28. The summed E-state index contributed by atoms with van der Waals surface area (Å²) < 4.78 is 39.7. The van der Waals surface area contributed by atoms with Crippen LogP contribution in [0.25, 0.3) is 0 Å². The largest absolute Gasteiger partial charge is 0.392 e. The molecule has 0 aromatic carbocycles. The zero-order chi connectivity index (χ0) is 14.0. The molecule has 0 saturated heterocycles. The van der Waals surface area contributed by atoms with E-state index < -0.39 is 26.4 Å². The van der Waals surface area contributed by atoms with Crippen LogP contribution in [0.5, 0.6) is 0 Å². The molecular formula is C10H14FN3O2S2. The van der Waals surface area contributed by atoms with Crippen LogP contribution in [-0.4, -0.2) is 23.9 Å². The molecular weight excluding hydrogens is 277 g/mol. The third kappa shape index (κ3) is 3.01. The highest BCUT2D eigenvalue weighted by Crippen LogP contribution is 2.16. The van der Waals surface area contributed by atoms with E-state index in [4.69, 9.17) is 18.0 Å². The minimum absolute atomic E-state index is 0.00934. The van der Waals surface area contributed by atoms with E-state index in [1.54, 1.807) is 6.92 Å². The fraction of sp³-hybridized carbons (Fsp3) is 0.400. The predicted octanol–water partition coefficient (Wildman–Crippen LogP) is 0.954. The van der Waals surface area contributed by atoms with Crippen LogP contribution < -0.4 is 10.5 Å². The van der Waals surface area contributed by atoms with E-state index in [1.165, 1.54) is 19.2 Å². The summed E-state index contributed by atoms with van der Waals surface area (Å²) in [6.45, 7) is 3.25. The molecule has 0 amide bonds. The minimum atomic E-state index is -4.11. The van der Waals surface area contributed by atoms with Crippen molar-refractivity contribution in [1.82, 2.24) is 9.71 Å². The Morgan fingerprint density at radius 1 is 1.67 bits per heavy atom. The van der Waals surface area contributed by atoms with Crippen molar-refractivity contribution in [2.24, 2.45) is 5.73 Å². The second-order valence-corrected chi connectivity index (χ2v) is 5.98. The van der Waals surface area contributed by atoms with Gasteiger partial charge in [0, 0.05) is 6.20 Å². The zero-order valence-electron chi connectivity index (χ0n) is 9.97. The number of nitrogens with one attached hydrogen (secondary N) is 1. The van der Waals surface area contributed by atoms with Gasteiger partial charge in [-0.3, -0.25) is 0 Å². The van der Waals surface area contributed by atoms with Crippen LogP contribution >= 0.6 is 12.2 Å². The number of pyridine rings is 1. The molecule has 0 bridgehead atoms. The summed E-state index contributed by atoms with van der Waals surface area (Å²) in [5, 5.41) is -0.666. The topological polar surface area (TPSA) is 85.1 Å². The lowest BCUT2D eigenvalue weighted by atomic mass is 10.0. The molecule has 5 nitrogen and oxygen atoms in total. The number of nitrogens with two attached hydrogens (primary N) is 1. The standard InChI is InChI=1S/C10H14FN3O2S2/c1-3-10(2,9(12)17)14-18(15,16)8-7(11)5-4-6-13-8/h4-6,14H,3H2,1-2H3,(H2,12,17). The molecule has 0 spiro atoms. The van der Waals surface area contributed by atoms with Gasteiger partial charge in [0.05, 0.1) is 10.5 Å². The molecule has 0 aliphatic heterocycles. The SMILES string of the molecule is CCC(C)(NS(=O)(=O)c1ncccc1F)C(N)=S. The van der Waals surface area contributed by atoms with Crippen LogP contribution in [-0.2, 0) is 10.0 Å². The van der Waals surface area contributed by atoms with Crippen molar-refractivity contribution in [3.8, 4) is 0 Å². The Hall–Kier alpha value is -1.12. The summed E-state index contributed by atoms with van der Waals surface area (Å²) in [6, 6.07) is 2.33. The first-order valence-corrected chi connectivity index (χ1v) is 7.06. The van der Waals surface area contributed by atoms with Gasteiger partial charge in [-0.2, -0.15) is 4.72 Å². The van der Waals surface area contributed by atoms with E-state index in [2.05, 4.69) is 9.71 Å². The molecule has 1 aromatic rings. The highest BCUT2D eigenvalue weighted by Gasteiger charge is 2.33. The Morgan fingerprint density at radius 2 is 2.28 bits per heavy atom. The number of thiocarbonyl (C=S) groups is 1. The molecule has 8 heteroatoms. The lowest BCUT2D eigenvalue weighted by Crippen LogP contribution is -2.54. The molecule has 1 atom stereocenters. The van der Waals surface area contributed by atoms with Crippen molar-refractivity contribution in [3.63, 3.8) is 0 Å². The highest BCUT2D eigenvalue weighted by atomic mass is 32.2. The maximum absolute atomic E-state index is 13.4. The van der Waals surface area contributed by atoms with Crippen molar-refractivity contribution in [2.45, 2.75) is 30.8 Å². The molecule has 100 valence electrons. The average molecular weight is 291 g/mol. The fourth-order valence-electron chi connectivity index (χ4n) is 1.21. The van der Waals surface area contributed by atoms with E-state index in [-0.39, 0.29) is 4.99 Å². The molecule has 18 heavy (non-hydrogen) atoms. The number of halogens is 1. The summed E-state index contributed by atoms with van der Waals surface area (Å²) in [5.41, 5.74) is 4.38. The summed E-state index contributed by atoms with van der Waals surface area (Å²) >= 11 is 4.82. The lowest BCUT2D eigenvalue weighted by molar-refractivity contribution is 0.499. The smallest absolute Gasteiger partial charge is 0.261 e. The molecule has 1 unspecified atom stereocenters. The number of sulfonamides is 1. The van der Waals surface area contributed by atoms with Gasteiger partial charge in [-0.15, -0.1) is 0 Å². The van der Waals surface area contributed by atoms with Gasteiger partial charge in [0.15, 0.2) is 5.82 Å². The van der Waals surface area contributed by atoms with Crippen LogP contribution in [0.3, 0.4) is 0 Å². The molecule has 1 aromatic heterocycles. The molecule has 0 saturated carbocycles. The summed E-state index contributed by atoms with van der Waals surface area (Å²) in [6.07, 6.45) is 1.54. The van der Waals surface area contributed by atoms with Gasteiger partial charge < -0.3 is 5.73 Å². The minimum Gasteiger partial charge on any atom is -0.392 e. The summed E-state index contributed by atoms with van der Waals surface area (Å²) in [4.78, 5) is 3.51. The molecule has 1 heterocycles. The van der Waals surface area contributed by atoms with Gasteiger partial charge in [-0.25, -0.2) is 17.8 Å². The highest BCUT2D eigenvalue weighted by molar-refractivity contribution is 7.89. The van der Waals surface area contributed by atoms with E-state index in [0.717, 1.165) is 6.07 Å². The number of hydrogen-bond acceptors (Lipinski definition) is 4. The van der Waals surface area contributed by atoms with Crippen LogP contribution in [0.15, 0.2) is 23.4 Å². The quantitative estimate of drug-likeness (QED) is 0.789. The normalized spacial score (nSPS) is 15.1. The zero-order valence-corrected chi connectivity index (χ0v) is 11.6. The van der Waals surface area contributed by atoms with Gasteiger partial charge in [-0.05, 0) is 25.5 Å². The van der Waals surface area contributed by atoms with Gasteiger partial charge >= 0.3 is 0 Å². The van der Waals surface area contributed by atoms with Crippen molar-refractivity contribution >= 4 is 27.2 Å². The van der Waals surface area contributed by atoms with Gasteiger partial charge in [-0.1, -0.05) is 19.1 Å². The maximum atomic E-state index is 13.4. The van der Waals surface area contributed by atoms with E-state index >= 15 is 0 Å². The van der Waals surface area contributed by atoms with Crippen LogP contribution in [0, 0.1) is 5.82 Å². The van der Waals surface area contributed by atoms with Crippen LogP contribution in [0.2, 0.25) is 0 Å². The second kappa shape index (κ2) is 5.25. The van der Waals surface area contributed by atoms with Gasteiger partial charge in [0.2, 0.25) is 5.03 Å². The van der Waals surface area contributed by atoms with Crippen molar-refractivity contribution < 1.29 is 12.8 Å². The van der Waals surface area contributed by atoms with Crippen LogP contribution in [0.1, 0.15) is 20.3 Å². The van der Waals surface area contributed by atoms with E-state index in [0.29, 0.717) is 6.42 Å². The van der Waals surface area contributed by atoms with Crippen molar-refractivity contribution in [3.05, 3.63) is 24.1 Å². The number of nitrogens with zero attached hydrogens (tertiary/aromatic N) is 1. The first kappa shape index (κ1) is 14.9. The third-order valence-electron chi connectivity index (χ3n) is 2.59. The van der Waals surface area contributed by atoms with Crippen molar-refractivity contribution in [1.29, 1.82) is 0 Å². The van der Waals surface area contributed by atoms with E-state index in [1.807, 2.05) is 0 Å². The Morgan fingerprint density at radius 3 is 2.72 bits per heavy atom. The molecule has 1 rings (SSSR count). The number of aromatic nitrogens is 1.